The van der Waals surface area contributed by atoms with E-state index in [1.54, 1.807) is 0 Å². The van der Waals surface area contributed by atoms with Crippen LogP contribution in [0.3, 0.4) is 0 Å². The van der Waals surface area contributed by atoms with Crippen LogP contribution in [0.15, 0.2) is 30.3 Å². The first kappa shape index (κ1) is 16.0. The molecule has 1 saturated heterocycles. The molecule has 1 N–H and O–H groups in total. The van der Waals surface area contributed by atoms with E-state index in [0.29, 0.717) is 5.92 Å². The Kier molecular flexibility index (Phi) is 4.72. The van der Waals surface area contributed by atoms with Gasteiger partial charge in [0.05, 0.1) is 12.2 Å². The van der Waals surface area contributed by atoms with E-state index in [1.807, 2.05) is 23.1 Å². The van der Waals surface area contributed by atoms with Crippen LogP contribution in [0.4, 0.5) is 0 Å². The van der Waals surface area contributed by atoms with Gasteiger partial charge in [-0.05, 0) is 30.2 Å². The van der Waals surface area contributed by atoms with Gasteiger partial charge in [-0.3, -0.25) is 10.1 Å². The second-order valence-corrected chi connectivity index (χ2v) is 7.34. The highest BCUT2D eigenvalue weighted by Gasteiger charge is 2.38. The number of carbonyl (C=O) groups excluding carboxylic acids is 1. The molecule has 0 radical (unpaired) electrons. The number of hydrogen-bond acceptors (Lipinski definition) is 2. The molecule has 3 unspecified atom stereocenters. The lowest BCUT2D eigenvalue weighted by molar-refractivity contribution is -0.130. The fraction of sp³-hybridized carbons (Fsp3) is 0.611. The summed E-state index contributed by atoms with van der Waals surface area (Å²) in [5.41, 5.74) is 1.43. The molecule has 1 aliphatic heterocycles. The molecular formula is C18H28N2O. The number of hydrogen-bond donors (Lipinski definition) is 1. The van der Waals surface area contributed by atoms with E-state index in [0.717, 1.165) is 13.0 Å². The van der Waals surface area contributed by atoms with Crippen molar-refractivity contribution in [1.29, 1.82) is 0 Å². The van der Waals surface area contributed by atoms with Crippen molar-refractivity contribution in [3.63, 3.8) is 0 Å². The lowest BCUT2D eigenvalue weighted by atomic mass is 9.82. The maximum Gasteiger partial charge on any atom is 0.241 e. The Balaban J connectivity index is 2.01. The Bertz CT molecular complexity index is 478. The largest absolute Gasteiger partial charge is 0.326 e. The van der Waals surface area contributed by atoms with Crippen molar-refractivity contribution in [2.75, 3.05) is 6.54 Å². The van der Waals surface area contributed by atoms with E-state index in [9.17, 15) is 4.79 Å². The zero-order chi connectivity index (χ0) is 15.6. The zero-order valence-corrected chi connectivity index (χ0v) is 13.9. The van der Waals surface area contributed by atoms with Gasteiger partial charge in [0.15, 0.2) is 0 Å². The SMILES string of the molecule is CC1NC(Cc2ccccc2)C(=O)N1CC(C)C(C)(C)C. The molecule has 1 aromatic carbocycles. The fourth-order valence-corrected chi connectivity index (χ4v) is 2.66. The molecule has 0 bridgehead atoms. The van der Waals surface area contributed by atoms with Crippen LogP contribution < -0.4 is 5.32 Å². The van der Waals surface area contributed by atoms with Crippen molar-refractivity contribution in [2.45, 2.75) is 53.2 Å². The third-order valence-electron chi connectivity index (χ3n) is 4.72. The van der Waals surface area contributed by atoms with Crippen molar-refractivity contribution in [3.05, 3.63) is 35.9 Å². The molecule has 0 aliphatic carbocycles. The lowest BCUT2D eigenvalue weighted by Gasteiger charge is -2.32. The second-order valence-electron chi connectivity index (χ2n) is 7.34. The third-order valence-corrected chi connectivity index (χ3v) is 4.72. The number of nitrogens with zero attached hydrogens (tertiary/aromatic N) is 1. The van der Waals surface area contributed by atoms with Gasteiger partial charge in [0.25, 0.3) is 0 Å². The zero-order valence-electron chi connectivity index (χ0n) is 13.9. The van der Waals surface area contributed by atoms with E-state index in [-0.39, 0.29) is 23.5 Å². The van der Waals surface area contributed by atoms with Gasteiger partial charge in [-0.25, -0.2) is 0 Å². The molecule has 3 nitrogen and oxygen atoms in total. The highest BCUT2D eigenvalue weighted by molar-refractivity contribution is 5.84. The molecule has 1 heterocycles. The number of benzene rings is 1. The van der Waals surface area contributed by atoms with Gasteiger partial charge in [-0.15, -0.1) is 0 Å². The van der Waals surface area contributed by atoms with Gasteiger partial charge in [0.1, 0.15) is 0 Å². The van der Waals surface area contributed by atoms with Crippen molar-refractivity contribution in [3.8, 4) is 0 Å². The molecule has 3 atom stereocenters. The molecule has 0 spiro atoms. The van der Waals surface area contributed by atoms with Crippen LogP contribution in [-0.2, 0) is 11.2 Å². The molecule has 0 aromatic heterocycles. The molecule has 116 valence electrons. The van der Waals surface area contributed by atoms with Crippen molar-refractivity contribution >= 4 is 5.91 Å². The second kappa shape index (κ2) is 6.18. The molecular weight excluding hydrogens is 260 g/mol. The summed E-state index contributed by atoms with van der Waals surface area (Å²) < 4.78 is 0. The summed E-state index contributed by atoms with van der Waals surface area (Å²) in [5, 5.41) is 3.44. The first-order chi connectivity index (χ1) is 9.79. The van der Waals surface area contributed by atoms with Gasteiger partial charge >= 0.3 is 0 Å². The van der Waals surface area contributed by atoms with Crippen molar-refractivity contribution in [2.24, 2.45) is 11.3 Å². The Labute approximate surface area is 128 Å². The molecule has 1 aromatic rings. The Morgan fingerprint density at radius 1 is 1.24 bits per heavy atom. The standard InChI is InChI=1S/C18H28N2O/c1-13(18(3,4)5)12-20-14(2)19-16(17(20)21)11-15-9-7-6-8-10-15/h6-10,13-14,16,19H,11-12H2,1-5H3. The van der Waals surface area contributed by atoms with E-state index in [1.165, 1.54) is 5.56 Å². The van der Waals surface area contributed by atoms with Gasteiger partial charge in [0, 0.05) is 6.54 Å². The average molecular weight is 288 g/mol. The number of carbonyl (C=O) groups is 1. The maximum atomic E-state index is 12.6. The summed E-state index contributed by atoms with van der Waals surface area (Å²) in [6.45, 7) is 11.8. The highest BCUT2D eigenvalue weighted by atomic mass is 16.2. The van der Waals surface area contributed by atoms with E-state index in [2.05, 4.69) is 52.1 Å². The van der Waals surface area contributed by atoms with Gasteiger partial charge in [-0.1, -0.05) is 58.0 Å². The van der Waals surface area contributed by atoms with E-state index in [4.69, 9.17) is 0 Å². The van der Waals surface area contributed by atoms with Crippen molar-refractivity contribution in [1.82, 2.24) is 10.2 Å². The summed E-state index contributed by atoms with van der Waals surface area (Å²) in [5.74, 6) is 0.712. The quantitative estimate of drug-likeness (QED) is 0.923. The highest BCUT2D eigenvalue weighted by Crippen LogP contribution is 2.28. The number of amides is 1. The molecule has 21 heavy (non-hydrogen) atoms. The lowest BCUT2D eigenvalue weighted by Crippen LogP contribution is -2.40. The number of nitrogens with one attached hydrogen (secondary N) is 1. The van der Waals surface area contributed by atoms with Crippen LogP contribution in [-0.4, -0.2) is 29.6 Å². The van der Waals surface area contributed by atoms with Crippen molar-refractivity contribution < 1.29 is 4.79 Å². The smallest absolute Gasteiger partial charge is 0.241 e. The monoisotopic (exact) mass is 288 g/mol. The minimum absolute atomic E-state index is 0.0884. The number of rotatable bonds is 4. The molecule has 1 aliphatic rings. The summed E-state index contributed by atoms with van der Waals surface area (Å²) in [6.07, 6.45) is 0.890. The first-order valence-electron chi connectivity index (χ1n) is 7.89. The van der Waals surface area contributed by atoms with Crippen LogP contribution in [0.5, 0.6) is 0 Å². The molecule has 3 heteroatoms. The topological polar surface area (TPSA) is 32.3 Å². The van der Waals surface area contributed by atoms with E-state index >= 15 is 0 Å². The fourth-order valence-electron chi connectivity index (χ4n) is 2.66. The van der Waals surface area contributed by atoms with Crippen LogP contribution in [0, 0.1) is 11.3 Å². The Morgan fingerprint density at radius 2 is 1.86 bits per heavy atom. The summed E-state index contributed by atoms with van der Waals surface area (Å²) in [6, 6.07) is 10.1. The Morgan fingerprint density at radius 3 is 2.43 bits per heavy atom. The average Bonchev–Trinajstić information content (AvgIpc) is 2.66. The normalized spacial score (nSPS) is 24.4. The Hall–Kier alpha value is -1.35. The maximum absolute atomic E-state index is 12.6. The minimum Gasteiger partial charge on any atom is -0.326 e. The first-order valence-corrected chi connectivity index (χ1v) is 7.89. The molecule has 1 fully saturated rings. The summed E-state index contributed by atoms with van der Waals surface area (Å²) in [4.78, 5) is 14.6. The van der Waals surface area contributed by atoms with Crippen LogP contribution in [0.25, 0.3) is 0 Å². The van der Waals surface area contributed by atoms with E-state index < -0.39 is 0 Å². The molecule has 2 rings (SSSR count). The predicted molar refractivity (Wildman–Crippen MR) is 86.9 cm³/mol. The van der Waals surface area contributed by atoms with Crippen LogP contribution in [0.2, 0.25) is 0 Å². The van der Waals surface area contributed by atoms with Gasteiger partial charge in [0.2, 0.25) is 5.91 Å². The van der Waals surface area contributed by atoms with Gasteiger partial charge in [-0.2, -0.15) is 0 Å². The van der Waals surface area contributed by atoms with Gasteiger partial charge < -0.3 is 4.90 Å². The third kappa shape index (κ3) is 3.85. The summed E-state index contributed by atoms with van der Waals surface area (Å²) >= 11 is 0. The minimum atomic E-state index is -0.0884. The summed E-state index contributed by atoms with van der Waals surface area (Å²) in [7, 11) is 0. The van der Waals surface area contributed by atoms with Crippen LogP contribution in [0.1, 0.15) is 40.2 Å². The molecule has 0 saturated carbocycles. The molecule has 1 amide bonds. The van der Waals surface area contributed by atoms with Crippen LogP contribution >= 0.6 is 0 Å². The predicted octanol–water partition coefficient (Wildman–Crippen LogP) is 3.06.